The van der Waals surface area contributed by atoms with Crippen LogP contribution in [0.2, 0.25) is 0 Å². The van der Waals surface area contributed by atoms with E-state index in [1.165, 1.54) is 12.4 Å². The van der Waals surface area contributed by atoms with Crippen molar-refractivity contribution < 1.29 is 13.2 Å². The van der Waals surface area contributed by atoms with Gasteiger partial charge in [-0.3, -0.25) is 14.5 Å². The number of carbonyl (C=O) groups is 1. The van der Waals surface area contributed by atoms with Crippen LogP contribution < -0.4 is 4.72 Å². The monoisotopic (exact) mass is 371 g/mol. The zero-order valence-electron chi connectivity index (χ0n) is 14.1. The minimum atomic E-state index is -3.61. The highest BCUT2D eigenvalue weighted by atomic mass is 32.2. The van der Waals surface area contributed by atoms with Gasteiger partial charge in [0.1, 0.15) is 18.2 Å². The van der Waals surface area contributed by atoms with Crippen molar-refractivity contribution in [3.63, 3.8) is 0 Å². The largest absolute Gasteiger partial charge is 0.335 e. The van der Waals surface area contributed by atoms with Gasteiger partial charge in [0.05, 0.1) is 17.1 Å². The molecule has 0 spiro atoms. The lowest BCUT2D eigenvalue weighted by Crippen LogP contribution is -2.41. The molecule has 0 radical (unpaired) electrons. The lowest BCUT2D eigenvalue weighted by atomic mass is 10.1. The molecule has 4 rings (SSSR count). The van der Waals surface area contributed by atoms with Crippen LogP contribution >= 0.6 is 0 Å². The van der Waals surface area contributed by atoms with E-state index in [-0.39, 0.29) is 16.6 Å². The topological polar surface area (TPSA) is 105 Å². The van der Waals surface area contributed by atoms with Gasteiger partial charge in [-0.2, -0.15) is 0 Å². The Labute approximate surface area is 151 Å². The summed E-state index contributed by atoms with van der Waals surface area (Å²) in [5.74, 6) is 0.0477. The van der Waals surface area contributed by atoms with Crippen molar-refractivity contribution in [3.05, 3.63) is 53.6 Å². The van der Waals surface area contributed by atoms with Gasteiger partial charge in [0.15, 0.2) is 0 Å². The molecule has 1 N–H and O–H groups in total. The van der Waals surface area contributed by atoms with E-state index < -0.39 is 16.1 Å². The average Bonchev–Trinajstić information content (AvgIpc) is 2.91. The standard InChI is InChI=1S/C17H17N5O3S/c1-11(17(23)22-7-6-12-8-18-10-19-14(12)9-22)20-16-13-4-2-3-5-15(13)26(24,25)21-16/h2-5,8,10-11H,6-7,9H2,1H3,(H,20,21)/t11-/m0/s1. The van der Waals surface area contributed by atoms with Crippen LogP contribution in [0.25, 0.3) is 0 Å². The molecular weight excluding hydrogens is 354 g/mol. The Kier molecular flexibility index (Phi) is 3.95. The van der Waals surface area contributed by atoms with Crippen LogP contribution in [0.5, 0.6) is 0 Å². The fourth-order valence-electron chi connectivity index (χ4n) is 3.18. The van der Waals surface area contributed by atoms with E-state index in [4.69, 9.17) is 0 Å². The number of aromatic nitrogens is 2. The molecule has 0 aliphatic carbocycles. The van der Waals surface area contributed by atoms with E-state index in [0.717, 1.165) is 11.3 Å². The van der Waals surface area contributed by atoms with Crippen molar-refractivity contribution in [2.75, 3.05) is 6.54 Å². The molecule has 0 fully saturated rings. The Morgan fingerprint density at radius 2 is 2.15 bits per heavy atom. The maximum Gasteiger partial charge on any atom is 0.263 e. The number of nitrogens with zero attached hydrogens (tertiary/aromatic N) is 4. The summed E-state index contributed by atoms with van der Waals surface area (Å²) < 4.78 is 26.7. The molecule has 0 unspecified atom stereocenters. The van der Waals surface area contributed by atoms with Gasteiger partial charge in [-0.25, -0.2) is 18.4 Å². The van der Waals surface area contributed by atoms with Crippen LogP contribution in [0.3, 0.4) is 0 Å². The minimum absolute atomic E-state index is 0.162. The van der Waals surface area contributed by atoms with Crippen LogP contribution in [0.15, 0.2) is 46.7 Å². The molecule has 2 aromatic rings. The summed E-state index contributed by atoms with van der Waals surface area (Å²) in [6, 6.07) is 5.89. The second kappa shape index (κ2) is 6.17. The smallest absolute Gasteiger partial charge is 0.263 e. The van der Waals surface area contributed by atoms with E-state index in [0.29, 0.717) is 25.1 Å². The molecule has 2 aliphatic heterocycles. The zero-order valence-corrected chi connectivity index (χ0v) is 14.9. The van der Waals surface area contributed by atoms with Crippen molar-refractivity contribution in [2.24, 2.45) is 4.99 Å². The summed E-state index contributed by atoms with van der Waals surface area (Å²) in [5.41, 5.74) is 2.38. The molecule has 0 saturated carbocycles. The number of aliphatic imine (C=N–C) groups is 1. The first kappa shape index (κ1) is 16.6. The molecule has 9 heteroatoms. The van der Waals surface area contributed by atoms with Crippen LogP contribution in [-0.4, -0.2) is 47.6 Å². The minimum Gasteiger partial charge on any atom is -0.335 e. The van der Waals surface area contributed by atoms with E-state index in [9.17, 15) is 13.2 Å². The average molecular weight is 371 g/mol. The van der Waals surface area contributed by atoms with Crippen LogP contribution in [-0.2, 0) is 27.8 Å². The van der Waals surface area contributed by atoms with Crippen molar-refractivity contribution in [1.29, 1.82) is 0 Å². The molecule has 1 atom stereocenters. The predicted molar refractivity (Wildman–Crippen MR) is 93.9 cm³/mol. The number of carbonyl (C=O) groups excluding carboxylic acids is 1. The van der Waals surface area contributed by atoms with E-state index in [2.05, 4.69) is 19.7 Å². The molecular formula is C17H17N5O3S. The molecule has 8 nitrogen and oxygen atoms in total. The Balaban J connectivity index is 1.57. The molecule has 3 heterocycles. The molecule has 2 aliphatic rings. The van der Waals surface area contributed by atoms with Crippen LogP contribution in [0.4, 0.5) is 0 Å². The SMILES string of the molecule is C[C@H](N=C1NS(=O)(=O)c2ccccc21)C(=O)N1CCc2cncnc2C1. The first-order valence-electron chi connectivity index (χ1n) is 8.22. The number of benzene rings is 1. The molecule has 1 amide bonds. The molecule has 134 valence electrons. The summed E-state index contributed by atoms with van der Waals surface area (Å²) in [5, 5.41) is 0. The summed E-state index contributed by atoms with van der Waals surface area (Å²) in [4.78, 5) is 27.2. The quantitative estimate of drug-likeness (QED) is 0.827. The summed E-state index contributed by atoms with van der Waals surface area (Å²) in [7, 11) is -3.61. The van der Waals surface area contributed by atoms with Gasteiger partial charge in [-0.05, 0) is 31.0 Å². The number of amides is 1. The van der Waals surface area contributed by atoms with Crippen molar-refractivity contribution in [1.82, 2.24) is 19.6 Å². The zero-order chi connectivity index (χ0) is 18.3. The second-order valence-corrected chi connectivity index (χ2v) is 7.91. The number of hydrogen-bond acceptors (Lipinski definition) is 6. The van der Waals surface area contributed by atoms with Gasteiger partial charge in [-0.15, -0.1) is 0 Å². The fourth-order valence-corrected chi connectivity index (χ4v) is 4.42. The highest BCUT2D eigenvalue weighted by molar-refractivity contribution is 7.90. The van der Waals surface area contributed by atoms with Crippen molar-refractivity contribution in [3.8, 4) is 0 Å². The van der Waals surface area contributed by atoms with Crippen molar-refractivity contribution in [2.45, 2.75) is 30.8 Å². The van der Waals surface area contributed by atoms with Gasteiger partial charge in [0, 0.05) is 18.3 Å². The van der Waals surface area contributed by atoms with Gasteiger partial charge in [0.2, 0.25) is 5.91 Å². The third-order valence-electron chi connectivity index (χ3n) is 4.53. The third-order valence-corrected chi connectivity index (χ3v) is 5.92. The highest BCUT2D eigenvalue weighted by Gasteiger charge is 2.32. The molecule has 1 aromatic heterocycles. The summed E-state index contributed by atoms with van der Waals surface area (Å²) >= 11 is 0. The number of nitrogens with one attached hydrogen (secondary N) is 1. The van der Waals surface area contributed by atoms with Gasteiger partial charge in [-0.1, -0.05) is 12.1 Å². The highest BCUT2D eigenvalue weighted by Crippen LogP contribution is 2.23. The molecule has 26 heavy (non-hydrogen) atoms. The van der Waals surface area contributed by atoms with Gasteiger partial charge < -0.3 is 4.90 Å². The Morgan fingerprint density at radius 3 is 3.00 bits per heavy atom. The lowest BCUT2D eigenvalue weighted by Gasteiger charge is -2.29. The lowest BCUT2D eigenvalue weighted by molar-refractivity contribution is -0.133. The van der Waals surface area contributed by atoms with E-state index >= 15 is 0 Å². The number of rotatable bonds is 2. The number of hydrogen-bond donors (Lipinski definition) is 1. The normalized spacial score (nSPS) is 20.2. The number of fused-ring (bicyclic) bond motifs is 2. The fraction of sp³-hybridized carbons (Fsp3) is 0.294. The predicted octanol–water partition coefficient (Wildman–Crippen LogP) is 0.488. The first-order chi connectivity index (χ1) is 12.5. The molecule has 0 saturated heterocycles. The van der Waals surface area contributed by atoms with Gasteiger partial charge in [0.25, 0.3) is 10.0 Å². The Hall–Kier alpha value is -2.81. The summed E-state index contributed by atoms with van der Waals surface area (Å²) in [6.07, 6.45) is 3.94. The van der Waals surface area contributed by atoms with Gasteiger partial charge >= 0.3 is 0 Å². The molecule has 0 bridgehead atoms. The Bertz CT molecular complexity index is 1020. The number of sulfonamides is 1. The third kappa shape index (κ3) is 2.84. The van der Waals surface area contributed by atoms with Crippen LogP contribution in [0.1, 0.15) is 23.7 Å². The maximum atomic E-state index is 12.8. The Morgan fingerprint density at radius 1 is 1.35 bits per heavy atom. The summed E-state index contributed by atoms with van der Waals surface area (Å²) in [6.45, 7) is 2.64. The second-order valence-electron chi connectivity index (χ2n) is 6.26. The van der Waals surface area contributed by atoms with Crippen LogP contribution in [0, 0.1) is 0 Å². The van der Waals surface area contributed by atoms with E-state index in [1.54, 1.807) is 36.2 Å². The number of amidine groups is 1. The molecule has 1 aromatic carbocycles. The van der Waals surface area contributed by atoms with Crippen molar-refractivity contribution >= 4 is 21.8 Å². The first-order valence-corrected chi connectivity index (χ1v) is 9.70. The maximum absolute atomic E-state index is 12.8. The van der Waals surface area contributed by atoms with E-state index in [1.807, 2.05) is 0 Å².